The zero-order valence-electron chi connectivity index (χ0n) is 92.8. The molecule has 1 fully saturated rings. The molecule has 0 spiro atoms. The van der Waals surface area contributed by atoms with E-state index >= 15 is 0 Å². The number of carbonyl (C=O) groups excluding carboxylic acids is 1. The van der Waals surface area contributed by atoms with Crippen LogP contribution in [0.4, 0.5) is 8.78 Å². The van der Waals surface area contributed by atoms with Crippen molar-refractivity contribution in [2.75, 3.05) is 46.1 Å². The van der Waals surface area contributed by atoms with Crippen molar-refractivity contribution in [3.8, 4) is 0 Å². The van der Waals surface area contributed by atoms with Gasteiger partial charge in [0.05, 0.1) is 93.9 Å². The summed E-state index contributed by atoms with van der Waals surface area (Å²) in [6.45, 7) is 86.5. The lowest BCUT2D eigenvalue weighted by Gasteiger charge is -2.16. The molecule has 6 N–H and O–H groups in total. The number of aliphatic hydroxyl groups is 1. The van der Waals surface area contributed by atoms with Crippen LogP contribution in [0.25, 0.3) is 0 Å². The predicted octanol–water partition coefficient (Wildman–Crippen LogP) is 22.3. The van der Waals surface area contributed by atoms with Gasteiger partial charge in [-0.2, -0.15) is 56.1 Å². The number of nitrogens with one attached hydrogen (secondary N) is 1. The first-order valence-electron chi connectivity index (χ1n) is 49.3. The highest BCUT2D eigenvalue weighted by Crippen LogP contribution is 2.30. The van der Waals surface area contributed by atoms with Gasteiger partial charge in [0.1, 0.15) is 25.9 Å². The van der Waals surface area contributed by atoms with Crippen LogP contribution in [-0.2, 0) is 118 Å². The molecule has 0 bridgehead atoms. The van der Waals surface area contributed by atoms with E-state index in [0.29, 0.717) is 25.7 Å². The van der Waals surface area contributed by atoms with Crippen molar-refractivity contribution in [3.05, 3.63) is 233 Å². The Labute approximate surface area is 830 Å². The van der Waals surface area contributed by atoms with Gasteiger partial charge in [0.25, 0.3) is 0 Å². The molecule has 29 heteroatoms. The lowest BCUT2D eigenvalue weighted by Crippen LogP contribution is -2.31. The number of alkyl halides is 2. The minimum absolute atomic E-state index is 0.0323. The number of aromatic nitrogens is 22. The van der Waals surface area contributed by atoms with E-state index in [4.69, 9.17) is 16.6 Å². The number of aryl methyl sites for hydroxylation is 5. The van der Waals surface area contributed by atoms with Crippen molar-refractivity contribution in [2.45, 2.75) is 393 Å². The van der Waals surface area contributed by atoms with Crippen molar-refractivity contribution >= 4 is 5.91 Å². The van der Waals surface area contributed by atoms with Gasteiger partial charge < -0.3 is 21.5 Å². The number of nitrogens with zero attached hydrogens (tertiary/aromatic N) is 22. The van der Waals surface area contributed by atoms with Crippen LogP contribution >= 0.6 is 0 Å². The molecule has 1 aromatic carbocycles. The zero-order valence-corrected chi connectivity index (χ0v) is 92.8. The van der Waals surface area contributed by atoms with Crippen LogP contribution in [0.3, 0.4) is 0 Å². The second kappa shape index (κ2) is 54.5. The van der Waals surface area contributed by atoms with E-state index in [9.17, 15) is 13.6 Å². The number of carbonyl (C=O) groups is 1. The third-order valence-corrected chi connectivity index (χ3v) is 22.6. The fourth-order valence-corrected chi connectivity index (χ4v) is 12.8. The zero-order chi connectivity index (χ0) is 105. The summed E-state index contributed by atoms with van der Waals surface area (Å²) in [5, 5.41) is 57.5. The number of hydrogen-bond donors (Lipinski definition) is 4. The second-order valence-electron chi connectivity index (χ2n) is 47.5. The van der Waals surface area contributed by atoms with Crippen molar-refractivity contribution in [3.63, 3.8) is 0 Å². The summed E-state index contributed by atoms with van der Waals surface area (Å²) in [4.78, 5) is 13.9. The van der Waals surface area contributed by atoms with Crippen molar-refractivity contribution in [1.82, 2.24) is 113 Å². The molecule has 0 unspecified atom stereocenters. The third-order valence-electron chi connectivity index (χ3n) is 22.6. The van der Waals surface area contributed by atoms with Gasteiger partial charge in [-0.1, -0.05) is 266 Å². The van der Waals surface area contributed by atoms with Gasteiger partial charge in [-0.25, -0.2) is 8.78 Å². The lowest BCUT2D eigenvalue weighted by molar-refractivity contribution is -0.130. The van der Waals surface area contributed by atoms with Gasteiger partial charge >= 0.3 is 0 Å². The monoisotopic (exact) mass is 1910 g/mol. The van der Waals surface area contributed by atoms with E-state index in [-0.39, 0.29) is 72.1 Å². The molecule has 1 aliphatic rings. The average molecular weight is 1920 g/mol. The Hall–Kier alpha value is -10.3. The molecule has 27 nitrogen and oxygen atoms in total. The molecule has 1 amide bonds. The van der Waals surface area contributed by atoms with E-state index in [1.807, 2.05) is 153 Å². The van der Waals surface area contributed by atoms with Gasteiger partial charge in [0, 0.05) is 121 Å². The molecule has 0 aliphatic carbocycles. The summed E-state index contributed by atoms with van der Waals surface area (Å²) in [5.74, 6) is 0.186. The van der Waals surface area contributed by atoms with E-state index in [1.165, 1.54) is 65.9 Å². The highest BCUT2D eigenvalue weighted by Gasteiger charge is 2.26. The first kappa shape index (κ1) is 122. The van der Waals surface area contributed by atoms with E-state index < -0.39 is 19.4 Å². The number of halogens is 2. The Morgan fingerprint density at radius 3 is 1.04 bits per heavy atom. The minimum atomic E-state index is -0.772. The number of likely N-dealkylation sites (tertiary alicyclic amines) is 1. The molecule has 0 atom stereocenters. The van der Waals surface area contributed by atoms with Crippen molar-refractivity contribution in [2.24, 2.45) is 25.6 Å². The fourth-order valence-electron chi connectivity index (χ4n) is 12.8. The van der Waals surface area contributed by atoms with Gasteiger partial charge in [-0.15, -0.1) is 0 Å². The van der Waals surface area contributed by atoms with Crippen LogP contribution in [-0.4, -0.2) is 170 Å². The first-order chi connectivity index (χ1) is 63.6. The standard InChI is InChI=1S/C14H18N2.C13H21N3O.C10H16F2N2.C10H19N3.2C10H18N2.C9H17N3.C9H16N2O.C9H16N2.C8H14N2.C7H12N2/c1-14(2,3)13-9-15-16(11-13)10-12-7-5-4-6-8-12;1-13(2,3)11-8-14-16(9-11)10-12(17)15-6-4-5-7-15;1-10(2,3)8-6-13-14(7-8)9(4-11)5-12;1-10(2,3)9-7-12-13(8-9)6-4-5-11;1-8(2)12-7-9(6-11-12)10(3,4)5;1-5-6-12-8-9(7-11-12)10(2,3)4;1-9(2,3)8-6-11-12(7-8)5-4-10;1-9(2,3)8-6-10-11(7-8)4-5-12;1-7-8(9(2,3)4)6-11(5)10-7;1-8(2,3)7-5-9-10(4)6-7;1-7(2,3)6-4-8-9-5-6/h4-9,11H,10H2,1-3H3;8-9H,4-7,10H2,1-3H3;6-7,9H,4-5H2,1-3H3;7-8H,4-6,11H2,1-3H3;6-8H,1-5H3;7-8H,5-6H2,1-4H3;6-7H,4-5,10H2,1-3H3;6-7,12H,4-5H2,1-3H3;6H,1-5H3;5-6H,1-4H3;4-5H,1-3H3,(H,8,9). The SMILES string of the molecule is CC(C)(C)c1cn[nH]c1.CC(C)(C)c1cnn(C(CF)CF)c1.CC(C)(C)c1cnn(CC(=O)N2CCCC2)c1.CC(C)(C)c1cnn(CCCN)c1.CC(C)(C)c1cnn(CCN)c1.CC(C)(C)c1cnn(CCO)c1.CC(C)(C)c1cnn(Cc2ccccc2)c1.CC(C)n1cc(C(C)(C)C)cn1.CCCn1cc(C(C)(C)C)cn1.Cc1nn(C)cc1C(C)(C)C.Cn1cc(C(C)(C)C)cn1. The maximum atomic E-state index is 12.3. The van der Waals surface area contributed by atoms with Crippen LogP contribution in [0.1, 0.15) is 359 Å². The molecule has 1 saturated heterocycles. The maximum Gasteiger partial charge on any atom is 0.244 e. The first-order valence-corrected chi connectivity index (χ1v) is 49.3. The van der Waals surface area contributed by atoms with Crippen LogP contribution in [0, 0.1) is 6.92 Å². The molecule has 0 saturated carbocycles. The Kier molecular flexibility index (Phi) is 48.1. The van der Waals surface area contributed by atoms with Gasteiger partial charge in [-0.3, -0.25) is 56.7 Å². The van der Waals surface area contributed by atoms with Crippen LogP contribution in [0.5, 0.6) is 0 Å². The maximum absolute atomic E-state index is 12.3. The molecule has 13 rings (SSSR count). The molecular weight excluding hydrogens is 1730 g/mol. The van der Waals surface area contributed by atoms with E-state index in [2.05, 4.69) is 364 Å². The molecule has 0 radical (unpaired) electrons. The summed E-state index contributed by atoms with van der Waals surface area (Å²) in [5.41, 5.74) is 28.8. The molecule has 12 aromatic rings. The number of aromatic amines is 1. The Morgan fingerprint density at radius 1 is 0.399 bits per heavy atom. The van der Waals surface area contributed by atoms with Crippen LogP contribution in [0.15, 0.2) is 160 Å². The van der Waals surface area contributed by atoms with Crippen molar-refractivity contribution < 1.29 is 18.7 Å². The fraction of sp³-hybridized carbons (Fsp3) is 0.633. The van der Waals surface area contributed by atoms with E-state index in [1.54, 1.807) is 21.8 Å². The predicted molar refractivity (Wildman–Crippen MR) is 566 cm³/mol. The number of rotatable bonds is 17. The van der Waals surface area contributed by atoms with Crippen LogP contribution in [0.2, 0.25) is 0 Å². The third kappa shape index (κ3) is 45.3. The molecule has 1 aliphatic heterocycles. The molecule has 12 heterocycles. The molecule has 11 aromatic heterocycles. The minimum Gasteiger partial charge on any atom is -0.394 e. The number of amides is 1. The summed E-state index contributed by atoms with van der Waals surface area (Å²) in [6, 6.07) is 10.1. The lowest BCUT2D eigenvalue weighted by atomic mass is 9.88. The Bertz CT molecular complexity index is 5140. The number of aliphatic hydroxyl groups excluding tert-OH is 1. The topological polar surface area (TPSA) is 299 Å². The van der Waals surface area contributed by atoms with Gasteiger partial charge in [0.2, 0.25) is 5.91 Å². The summed E-state index contributed by atoms with van der Waals surface area (Å²) in [7, 11) is 3.90. The van der Waals surface area contributed by atoms with Gasteiger partial charge in [0.15, 0.2) is 0 Å². The normalized spacial score (nSPS) is 12.6. The average Bonchev–Trinajstić information content (AvgIpc) is 1.69. The smallest absolute Gasteiger partial charge is 0.244 e. The van der Waals surface area contributed by atoms with Gasteiger partial charge in [-0.05, 0) is 179 Å². The Morgan fingerprint density at radius 2 is 0.746 bits per heavy atom. The molecular formula is C109H185F2N25O2. The quantitative estimate of drug-likeness (QED) is 0.0659. The number of H-pyrrole nitrogens is 1. The van der Waals surface area contributed by atoms with E-state index in [0.717, 1.165) is 82.8 Å². The second-order valence-corrected chi connectivity index (χ2v) is 47.5. The highest BCUT2D eigenvalue weighted by atomic mass is 19.1. The summed E-state index contributed by atoms with van der Waals surface area (Å²) in [6.07, 6.45) is 45.6. The van der Waals surface area contributed by atoms with Crippen molar-refractivity contribution in [1.29, 1.82) is 0 Å². The number of hydrogen-bond acceptors (Lipinski definition) is 15. The number of benzene rings is 1. The highest BCUT2D eigenvalue weighted by molar-refractivity contribution is 5.76. The molecule has 138 heavy (non-hydrogen) atoms. The molecule has 772 valence electrons. The van der Waals surface area contributed by atoms with Crippen LogP contribution < -0.4 is 11.5 Å². The Balaban J connectivity index is 0.000000392. The largest absolute Gasteiger partial charge is 0.394 e. The summed E-state index contributed by atoms with van der Waals surface area (Å²) >= 11 is 0. The number of nitrogens with two attached hydrogens (primary N) is 2. The summed E-state index contributed by atoms with van der Waals surface area (Å²) < 4.78 is 43.1.